The minimum absolute atomic E-state index is 0.644. The third-order valence-electron chi connectivity index (χ3n) is 4.29. The Kier molecular flexibility index (Phi) is 4.79. The van der Waals surface area contributed by atoms with Gasteiger partial charge in [-0.3, -0.25) is 4.90 Å². The van der Waals surface area contributed by atoms with Crippen molar-refractivity contribution in [3.8, 4) is 0 Å². The summed E-state index contributed by atoms with van der Waals surface area (Å²) in [6, 6.07) is 9.30. The number of benzene rings is 1. The van der Waals surface area contributed by atoms with Crippen molar-refractivity contribution in [3.63, 3.8) is 0 Å². The highest BCUT2D eigenvalue weighted by molar-refractivity contribution is 5.26. The zero-order valence-corrected chi connectivity index (χ0v) is 11.7. The number of nitrogens with zero attached hydrogens (tertiary/aromatic N) is 1. The molecule has 0 amide bonds. The van der Waals surface area contributed by atoms with Crippen molar-refractivity contribution >= 4 is 0 Å². The van der Waals surface area contributed by atoms with Crippen molar-refractivity contribution in [1.82, 2.24) is 4.90 Å². The van der Waals surface area contributed by atoms with Crippen molar-refractivity contribution < 1.29 is 0 Å². The molecule has 0 radical (unpaired) electrons. The molecule has 0 heterocycles. The molecule has 0 aliphatic heterocycles. The van der Waals surface area contributed by atoms with Crippen molar-refractivity contribution in [1.29, 1.82) is 0 Å². The van der Waals surface area contributed by atoms with Crippen LogP contribution in [-0.2, 0) is 13.1 Å². The van der Waals surface area contributed by atoms with Gasteiger partial charge < -0.3 is 5.73 Å². The van der Waals surface area contributed by atoms with Crippen molar-refractivity contribution in [2.75, 3.05) is 7.05 Å². The predicted octanol–water partition coefficient (Wildman–Crippen LogP) is 3.16. The Morgan fingerprint density at radius 3 is 2.61 bits per heavy atom. The van der Waals surface area contributed by atoms with Crippen molar-refractivity contribution in [2.45, 2.75) is 51.7 Å². The molecular weight excluding hydrogens is 220 g/mol. The zero-order chi connectivity index (χ0) is 13.0. The molecule has 1 aromatic rings. The van der Waals surface area contributed by atoms with Crippen LogP contribution in [0.4, 0.5) is 0 Å². The maximum Gasteiger partial charge on any atom is 0.0236 e. The summed E-state index contributed by atoms with van der Waals surface area (Å²) in [7, 11) is 2.26. The van der Waals surface area contributed by atoms with Gasteiger partial charge in [-0.2, -0.15) is 0 Å². The van der Waals surface area contributed by atoms with Gasteiger partial charge in [0.05, 0.1) is 0 Å². The summed E-state index contributed by atoms with van der Waals surface area (Å²) in [4.78, 5) is 2.52. The Balaban J connectivity index is 1.99. The maximum atomic E-state index is 5.81. The van der Waals surface area contributed by atoms with Crippen LogP contribution < -0.4 is 5.73 Å². The van der Waals surface area contributed by atoms with Gasteiger partial charge in [-0.1, -0.05) is 44.0 Å². The normalized spacial score (nSPS) is 24.4. The molecule has 100 valence electrons. The molecule has 2 nitrogen and oxygen atoms in total. The molecule has 0 spiro atoms. The van der Waals surface area contributed by atoms with Crippen LogP contribution in [0.5, 0.6) is 0 Å². The van der Waals surface area contributed by atoms with Crippen LogP contribution in [0, 0.1) is 5.92 Å². The lowest BCUT2D eigenvalue weighted by Crippen LogP contribution is -2.35. The van der Waals surface area contributed by atoms with Crippen LogP contribution in [-0.4, -0.2) is 18.0 Å². The highest BCUT2D eigenvalue weighted by atomic mass is 15.1. The third kappa shape index (κ3) is 3.33. The van der Waals surface area contributed by atoms with E-state index in [0.717, 1.165) is 18.5 Å². The molecule has 2 heteroatoms. The number of nitrogens with two attached hydrogens (primary N) is 1. The molecule has 0 saturated heterocycles. The molecule has 1 fully saturated rings. The molecule has 2 rings (SSSR count). The highest BCUT2D eigenvalue weighted by Gasteiger charge is 2.22. The maximum absolute atomic E-state index is 5.81. The summed E-state index contributed by atoms with van der Waals surface area (Å²) in [5.74, 6) is 0.885. The van der Waals surface area contributed by atoms with Gasteiger partial charge in [-0.05, 0) is 36.9 Å². The Labute approximate surface area is 111 Å². The molecule has 1 aliphatic carbocycles. The fourth-order valence-electron chi connectivity index (χ4n) is 3.11. The van der Waals surface area contributed by atoms with E-state index in [1.54, 1.807) is 0 Å². The van der Waals surface area contributed by atoms with E-state index < -0.39 is 0 Å². The Morgan fingerprint density at radius 2 is 1.94 bits per heavy atom. The summed E-state index contributed by atoms with van der Waals surface area (Å²) in [6.45, 7) is 4.06. The number of hydrogen-bond acceptors (Lipinski definition) is 2. The van der Waals surface area contributed by atoms with Crippen LogP contribution >= 0.6 is 0 Å². The van der Waals surface area contributed by atoms with Gasteiger partial charge in [0.1, 0.15) is 0 Å². The van der Waals surface area contributed by atoms with Gasteiger partial charge in [0, 0.05) is 19.1 Å². The first kappa shape index (κ1) is 13.6. The van der Waals surface area contributed by atoms with Gasteiger partial charge in [0.2, 0.25) is 0 Å². The second kappa shape index (κ2) is 6.35. The molecule has 18 heavy (non-hydrogen) atoms. The van der Waals surface area contributed by atoms with Crippen LogP contribution in [0.25, 0.3) is 0 Å². The first-order chi connectivity index (χ1) is 8.70. The second-order valence-corrected chi connectivity index (χ2v) is 5.81. The molecule has 0 bridgehead atoms. The first-order valence-corrected chi connectivity index (χ1v) is 7.17. The third-order valence-corrected chi connectivity index (χ3v) is 4.29. The molecule has 2 atom stereocenters. The summed E-state index contributed by atoms with van der Waals surface area (Å²) in [5, 5.41) is 0. The lowest BCUT2D eigenvalue weighted by atomic mass is 9.86. The standard InChI is InChI=1S/C16H26N2/c1-13-6-5-9-16(10-13)18(2)12-15-8-4-3-7-14(15)11-17/h3-4,7-8,13,16H,5-6,9-12,17H2,1-2H3. The van der Waals surface area contributed by atoms with Gasteiger partial charge in [-0.15, -0.1) is 0 Å². The summed E-state index contributed by atoms with van der Waals surface area (Å²) in [5.41, 5.74) is 8.48. The average Bonchev–Trinajstić information content (AvgIpc) is 2.39. The van der Waals surface area contributed by atoms with Crippen LogP contribution in [0.1, 0.15) is 43.7 Å². The van der Waals surface area contributed by atoms with E-state index in [-0.39, 0.29) is 0 Å². The topological polar surface area (TPSA) is 29.3 Å². The zero-order valence-electron chi connectivity index (χ0n) is 11.7. The Bertz CT molecular complexity index is 375. The van der Waals surface area contributed by atoms with E-state index in [2.05, 4.69) is 43.1 Å². The molecule has 1 saturated carbocycles. The SMILES string of the molecule is CC1CCCC(N(C)Cc2ccccc2CN)C1. The second-order valence-electron chi connectivity index (χ2n) is 5.81. The summed E-state index contributed by atoms with van der Waals surface area (Å²) in [6.07, 6.45) is 5.49. The molecular formula is C16H26N2. The van der Waals surface area contributed by atoms with Crippen molar-refractivity contribution in [2.24, 2.45) is 11.7 Å². The van der Waals surface area contributed by atoms with E-state index in [9.17, 15) is 0 Å². The lowest BCUT2D eigenvalue weighted by molar-refractivity contribution is 0.157. The number of hydrogen-bond donors (Lipinski definition) is 1. The lowest BCUT2D eigenvalue weighted by Gasteiger charge is -2.34. The van der Waals surface area contributed by atoms with Gasteiger partial charge in [0.25, 0.3) is 0 Å². The van der Waals surface area contributed by atoms with E-state index in [1.807, 2.05) is 0 Å². The molecule has 1 aliphatic rings. The fraction of sp³-hybridized carbons (Fsp3) is 0.625. The molecule has 2 unspecified atom stereocenters. The van der Waals surface area contributed by atoms with Gasteiger partial charge >= 0.3 is 0 Å². The van der Waals surface area contributed by atoms with Gasteiger partial charge in [0.15, 0.2) is 0 Å². The first-order valence-electron chi connectivity index (χ1n) is 7.17. The molecule has 0 aromatic heterocycles. The smallest absolute Gasteiger partial charge is 0.0236 e. The van der Waals surface area contributed by atoms with Crippen LogP contribution in [0.15, 0.2) is 24.3 Å². The minimum atomic E-state index is 0.644. The van der Waals surface area contributed by atoms with E-state index in [4.69, 9.17) is 5.73 Å². The van der Waals surface area contributed by atoms with Crippen LogP contribution in [0.2, 0.25) is 0 Å². The predicted molar refractivity (Wildman–Crippen MR) is 77.2 cm³/mol. The summed E-state index contributed by atoms with van der Waals surface area (Å²) >= 11 is 0. The largest absolute Gasteiger partial charge is 0.326 e. The fourth-order valence-corrected chi connectivity index (χ4v) is 3.11. The van der Waals surface area contributed by atoms with E-state index >= 15 is 0 Å². The summed E-state index contributed by atoms with van der Waals surface area (Å²) < 4.78 is 0. The molecule has 1 aromatic carbocycles. The minimum Gasteiger partial charge on any atom is -0.326 e. The Hall–Kier alpha value is -0.860. The average molecular weight is 246 g/mol. The Morgan fingerprint density at radius 1 is 1.22 bits per heavy atom. The van der Waals surface area contributed by atoms with E-state index in [1.165, 1.54) is 36.8 Å². The number of rotatable bonds is 4. The van der Waals surface area contributed by atoms with E-state index in [0.29, 0.717) is 6.54 Å². The monoisotopic (exact) mass is 246 g/mol. The highest BCUT2D eigenvalue weighted by Crippen LogP contribution is 2.27. The quantitative estimate of drug-likeness (QED) is 0.884. The van der Waals surface area contributed by atoms with Crippen molar-refractivity contribution in [3.05, 3.63) is 35.4 Å². The van der Waals surface area contributed by atoms with Crippen LogP contribution in [0.3, 0.4) is 0 Å². The molecule has 2 N–H and O–H groups in total. The van der Waals surface area contributed by atoms with Gasteiger partial charge in [-0.25, -0.2) is 0 Å².